The normalized spacial score (nSPS) is 10.9. The number of benzene rings is 3. The highest BCUT2D eigenvalue weighted by molar-refractivity contribution is 6.12. The van der Waals surface area contributed by atoms with Crippen LogP contribution in [-0.4, -0.2) is 25.5 Å². The minimum atomic E-state index is -0.746. The number of hydrogen-bond acceptors (Lipinski definition) is 6. The molecule has 0 bridgehead atoms. The topological polar surface area (TPSA) is 71.1 Å². The van der Waals surface area contributed by atoms with Crippen molar-refractivity contribution in [3.63, 3.8) is 0 Å². The lowest BCUT2D eigenvalue weighted by atomic mass is 9.97. The van der Waals surface area contributed by atoms with Gasteiger partial charge in [0.15, 0.2) is 0 Å². The molecule has 3 aromatic rings. The molecule has 6 heteroatoms. The minimum Gasteiger partial charge on any atom is -0.434 e. The van der Waals surface area contributed by atoms with E-state index in [2.05, 4.69) is 6.92 Å². The van der Waals surface area contributed by atoms with Gasteiger partial charge in [0.05, 0.1) is 13.2 Å². The number of aryl methyl sites for hydroxylation is 1. The van der Waals surface area contributed by atoms with Crippen LogP contribution in [0.3, 0.4) is 0 Å². The molecule has 3 aromatic carbocycles. The largest absolute Gasteiger partial charge is 0.513 e. The second-order valence-electron chi connectivity index (χ2n) is 8.65. The Bertz CT molecular complexity index is 1140. The third kappa shape index (κ3) is 7.10. The van der Waals surface area contributed by atoms with Crippen LogP contribution in [0, 0.1) is 0 Å². The zero-order valence-corrected chi connectivity index (χ0v) is 21.1. The third-order valence-electron chi connectivity index (χ3n) is 5.86. The van der Waals surface area contributed by atoms with Crippen LogP contribution in [0.5, 0.6) is 11.5 Å². The number of rotatable bonds is 12. The standard InChI is InChI=1S/C29H36O6/c1-4-7-10-13-21-16-17-24-25(20-21)27(35-29(31)33-19-9-6-3)23-15-12-11-14-22(23)26(24)34-28(30)32-18-8-5-2/h11-12,14-17,20H,4-10,13,18-19H2,1-3H3. The molecule has 0 spiro atoms. The molecular weight excluding hydrogens is 444 g/mol. The Balaban J connectivity index is 2.08. The summed E-state index contributed by atoms with van der Waals surface area (Å²) >= 11 is 0. The SMILES string of the molecule is CCCCCc1ccc2c(OC(=O)OCCCC)c3ccccc3c(OC(=O)OCCCC)c2c1. The molecule has 3 rings (SSSR count). The van der Waals surface area contributed by atoms with E-state index in [1.54, 1.807) is 0 Å². The van der Waals surface area contributed by atoms with Gasteiger partial charge in [-0.1, -0.05) is 82.9 Å². The van der Waals surface area contributed by atoms with Gasteiger partial charge in [0.1, 0.15) is 11.5 Å². The fourth-order valence-electron chi connectivity index (χ4n) is 3.93. The van der Waals surface area contributed by atoms with E-state index in [0.29, 0.717) is 46.3 Å². The molecule has 0 radical (unpaired) electrons. The fourth-order valence-corrected chi connectivity index (χ4v) is 3.93. The van der Waals surface area contributed by atoms with Crippen LogP contribution in [-0.2, 0) is 15.9 Å². The number of ether oxygens (including phenoxy) is 4. The highest BCUT2D eigenvalue weighted by Crippen LogP contribution is 2.43. The number of carbonyl (C=O) groups is 2. The lowest BCUT2D eigenvalue weighted by Gasteiger charge is -2.17. The summed E-state index contributed by atoms with van der Waals surface area (Å²) in [6.45, 7) is 6.84. The summed E-state index contributed by atoms with van der Waals surface area (Å²) in [7, 11) is 0. The second-order valence-corrected chi connectivity index (χ2v) is 8.65. The summed E-state index contributed by atoms with van der Waals surface area (Å²) in [6.07, 6.45) is 6.13. The van der Waals surface area contributed by atoms with Crippen molar-refractivity contribution in [2.75, 3.05) is 13.2 Å². The molecule has 0 aliphatic heterocycles. The van der Waals surface area contributed by atoms with Crippen molar-refractivity contribution < 1.29 is 28.5 Å². The van der Waals surface area contributed by atoms with Gasteiger partial charge < -0.3 is 18.9 Å². The predicted octanol–water partition coefficient (Wildman–Crippen LogP) is 8.36. The molecule has 188 valence electrons. The van der Waals surface area contributed by atoms with Crippen molar-refractivity contribution in [3.8, 4) is 11.5 Å². The zero-order valence-electron chi connectivity index (χ0n) is 21.1. The molecule has 0 aliphatic rings. The number of unbranched alkanes of at least 4 members (excludes halogenated alkanes) is 4. The maximum Gasteiger partial charge on any atom is 0.513 e. The van der Waals surface area contributed by atoms with Gasteiger partial charge in [0.2, 0.25) is 0 Å². The molecule has 0 N–H and O–H groups in total. The molecule has 6 nitrogen and oxygen atoms in total. The number of hydrogen-bond donors (Lipinski definition) is 0. The van der Waals surface area contributed by atoms with Crippen molar-refractivity contribution in [2.24, 2.45) is 0 Å². The summed E-state index contributed by atoms with van der Waals surface area (Å²) in [5.41, 5.74) is 1.13. The lowest BCUT2D eigenvalue weighted by molar-refractivity contribution is 0.0970. The Hall–Kier alpha value is -3.28. The summed E-state index contributed by atoms with van der Waals surface area (Å²) in [5.74, 6) is 0.796. The lowest BCUT2D eigenvalue weighted by Crippen LogP contribution is -2.14. The van der Waals surface area contributed by atoms with Gasteiger partial charge in [0.25, 0.3) is 0 Å². The molecule has 0 aromatic heterocycles. The van der Waals surface area contributed by atoms with E-state index in [-0.39, 0.29) is 0 Å². The Morgan fingerprint density at radius 1 is 0.629 bits per heavy atom. The van der Waals surface area contributed by atoms with Gasteiger partial charge in [-0.15, -0.1) is 0 Å². The van der Waals surface area contributed by atoms with E-state index in [0.717, 1.165) is 56.9 Å². The Labute approximate surface area is 207 Å². The molecule has 35 heavy (non-hydrogen) atoms. The van der Waals surface area contributed by atoms with Crippen molar-refractivity contribution in [2.45, 2.75) is 72.1 Å². The molecule has 0 atom stereocenters. The smallest absolute Gasteiger partial charge is 0.434 e. The van der Waals surface area contributed by atoms with Gasteiger partial charge in [0, 0.05) is 21.5 Å². The molecule has 0 amide bonds. The van der Waals surface area contributed by atoms with Crippen molar-refractivity contribution in [1.82, 2.24) is 0 Å². The second kappa shape index (κ2) is 13.6. The van der Waals surface area contributed by atoms with E-state index in [1.807, 2.05) is 56.3 Å². The molecule has 0 heterocycles. The van der Waals surface area contributed by atoms with E-state index in [1.165, 1.54) is 0 Å². The van der Waals surface area contributed by atoms with Crippen LogP contribution in [0.2, 0.25) is 0 Å². The van der Waals surface area contributed by atoms with Gasteiger partial charge >= 0.3 is 12.3 Å². The fraction of sp³-hybridized carbons (Fsp3) is 0.448. The van der Waals surface area contributed by atoms with Crippen LogP contribution in [0.4, 0.5) is 9.59 Å². The Morgan fingerprint density at radius 3 is 1.69 bits per heavy atom. The minimum absolute atomic E-state index is 0.303. The van der Waals surface area contributed by atoms with Crippen molar-refractivity contribution in [1.29, 1.82) is 0 Å². The Kier molecular flexibility index (Phi) is 10.2. The van der Waals surface area contributed by atoms with E-state index in [9.17, 15) is 9.59 Å². The van der Waals surface area contributed by atoms with E-state index < -0.39 is 12.3 Å². The van der Waals surface area contributed by atoms with Crippen molar-refractivity contribution >= 4 is 33.9 Å². The highest BCUT2D eigenvalue weighted by Gasteiger charge is 2.21. The third-order valence-corrected chi connectivity index (χ3v) is 5.86. The average molecular weight is 481 g/mol. The first-order chi connectivity index (χ1) is 17.1. The first-order valence-corrected chi connectivity index (χ1v) is 12.8. The van der Waals surface area contributed by atoms with Gasteiger partial charge in [-0.05, 0) is 37.3 Å². The summed E-state index contributed by atoms with van der Waals surface area (Å²) in [5, 5.41) is 2.69. The molecule has 0 fully saturated rings. The molecule has 0 unspecified atom stereocenters. The van der Waals surface area contributed by atoms with Gasteiger partial charge in [-0.3, -0.25) is 0 Å². The van der Waals surface area contributed by atoms with Crippen molar-refractivity contribution in [3.05, 3.63) is 48.0 Å². The van der Waals surface area contributed by atoms with E-state index in [4.69, 9.17) is 18.9 Å². The zero-order chi connectivity index (χ0) is 25.0. The van der Waals surface area contributed by atoms with Crippen LogP contribution in [0.25, 0.3) is 21.5 Å². The van der Waals surface area contributed by atoms with Gasteiger partial charge in [-0.25, -0.2) is 9.59 Å². The molecule has 0 saturated carbocycles. The monoisotopic (exact) mass is 480 g/mol. The summed E-state index contributed by atoms with van der Waals surface area (Å²) < 4.78 is 22.0. The summed E-state index contributed by atoms with van der Waals surface area (Å²) in [6, 6.07) is 13.4. The van der Waals surface area contributed by atoms with E-state index >= 15 is 0 Å². The van der Waals surface area contributed by atoms with Crippen LogP contribution in [0.15, 0.2) is 42.5 Å². The molecule has 0 saturated heterocycles. The van der Waals surface area contributed by atoms with Crippen LogP contribution >= 0.6 is 0 Å². The number of carbonyl (C=O) groups excluding carboxylic acids is 2. The molecular formula is C29H36O6. The van der Waals surface area contributed by atoms with Crippen LogP contribution in [0.1, 0.15) is 71.3 Å². The highest BCUT2D eigenvalue weighted by atomic mass is 16.7. The maximum absolute atomic E-state index is 12.5. The molecule has 0 aliphatic carbocycles. The van der Waals surface area contributed by atoms with Crippen LogP contribution < -0.4 is 9.47 Å². The summed E-state index contributed by atoms with van der Waals surface area (Å²) in [4.78, 5) is 25.0. The Morgan fingerprint density at radius 2 is 1.14 bits per heavy atom. The number of fused-ring (bicyclic) bond motifs is 2. The van der Waals surface area contributed by atoms with Gasteiger partial charge in [-0.2, -0.15) is 0 Å². The first kappa shape index (κ1) is 26.3. The maximum atomic E-state index is 12.5. The predicted molar refractivity (Wildman–Crippen MR) is 138 cm³/mol. The quantitative estimate of drug-likeness (QED) is 0.112. The average Bonchev–Trinajstić information content (AvgIpc) is 2.86. The first-order valence-electron chi connectivity index (χ1n) is 12.8.